The first-order valence-electron chi connectivity index (χ1n) is 5.82. The number of rotatable bonds is 1. The van der Waals surface area contributed by atoms with Gasteiger partial charge < -0.3 is 5.11 Å². The third kappa shape index (κ3) is 1.70. The molecule has 0 unspecified atom stereocenters. The van der Waals surface area contributed by atoms with Crippen molar-refractivity contribution >= 4 is 5.65 Å². The van der Waals surface area contributed by atoms with Crippen molar-refractivity contribution in [2.24, 2.45) is 0 Å². The Labute approximate surface area is 105 Å². The molecule has 0 saturated carbocycles. The summed E-state index contributed by atoms with van der Waals surface area (Å²) >= 11 is 0. The highest BCUT2D eigenvalue weighted by Gasteiger charge is 2.16. The first-order valence-corrected chi connectivity index (χ1v) is 5.82. The highest BCUT2D eigenvalue weighted by Crippen LogP contribution is 2.19. The molecule has 0 saturated heterocycles. The normalized spacial score (nSPS) is 10.7. The fraction of sp³-hybridized carbons (Fsp3) is 0.0667. The molecule has 0 bridgehead atoms. The van der Waals surface area contributed by atoms with Gasteiger partial charge in [-0.05, 0) is 17.1 Å². The Bertz CT molecular complexity index is 708. The molecule has 2 aromatic heterocycles. The quantitative estimate of drug-likeness (QED) is 0.660. The van der Waals surface area contributed by atoms with Crippen molar-refractivity contribution in [3.8, 4) is 17.0 Å². The van der Waals surface area contributed by atoms with Gasteiger partial charge in [-0.25, -0.2) is 0 Å². The van der Waals surface area contributed by atoms with Gasteiger partial charge in [0.25, 0.3) is 0 Å². The van der Waals surface area contributed by atoms with Crippen LogP contribution < -0.4 is 4.40 Å². The summed E-state index contributed by atoms with van der Waals surface area (Å²) < 4.78 is 1.90. The van der Waals surface area contributed by atoms with E-state index in [0.29, 0.717) is 5.65 Å². The fourth-order valence-corrected chi connectivity index (χ4v) is 2.09. The first kappa shape index (κ1) is 10.7. The summed E-state index contributed by atoms with van der Waals surface area (Å²) in [5.74, 6) is 0.193. The van der Waals surface area contributed by atoms with E-state index in [1.54, 1.807) is 6.07 Å². The van der Waals surface area contributed by atoms with Crippen LogP contribution in [0.3, 0.4) is 0 Å². The van der Waals surface area contributed by atoms with Crippen LogP contribution in [0.15, 0.2) is 54.7 Å². The minimum absolute atomic E-state index is 0.193. The summed E-state index contributed by atoms with van der Waals surface area (Å²) in [6.45, 7) is 1.93. The molecule has 1 aromatic carbocycles. The second-order valence-electron chi connectivity index (χ2n) is 4.24. The predicted molar refractivity (Wildman–Crippen MR) is 69.2 cm³/mol. The standard InChI is InChI=1S/C15H12N2O/c1-11-10-13(12-6-3-2-4-7-12)17-9-5-8-14(18)15(17)16-11/h2-10H,1H3/p+1. The number of hydrogen-bond acceptors (Lipinski definition) is 2. The molecule has 3 aromatic rings. The van der Waals surface area contributed by atoms with Gasteiger partial charge in [0.15, 0.2) is 5.69 Å². The van der Waals surface area contributed by atoms with E-state index in [1.807, 2.05) is 60.0 Å². The molecule has 3 rings (SSSR count). The van der Waals surface area contributed by atoms with Crippen LogP contribution in [-0.4, -0.2) is 10.1 Å². The van der Waals surface area contributed by atoms with Crippen molar-refractivity contribution in [1.82, 2.24) is 4.98 Å². The maximum Gasteiger partial charge on any atom is 0.370 e. The molecule has 0 atom stereocenters. The Morgan fingerprint density at radius 1 is 1.06 bits per heavy atom. The zero-order chi connectivity index (χ0) is 12.5. The number of aromatic hydroxyl groups is 1. The van der Waals surface area contributed by atoms with Gasteiger partial charge in [0.2, 0.25) is 5.75 Å². The molecule has 0 aliphatic heterocycles. The van der Waals surface area contributed by atoms with Crippen LogP contribution in [-0.2, 0) is 0 Å². The molecular formula is C15H13N2O+. The van der Waals surface area contributed by atoms with Crippen LogP contribution in [0.1, 0.15) is 5.69 Å². The van der Waals surface area contributed by atoms with Gasteiger partial charge in [-0.2, -0.15) is 4.40 Å². The third-order valence-corrected chi connectivity index (χ3v) is 2.90. The molecule has 2 heterocycles. The molecule has 0 amide bonds. The smallest absolute Gasteiger partial charge is 0.370 e. The van der Waals surface area contributed by atoms with Crippen LogP contribution in [0.4, 0.5) is 0 Å². The molecule has 0 spiro atoms. The monoisotopic (exact) mass is 237 g/mol. The number of hydrogen-bond donors (Lipinski definition) is 1. The predicted octanol–water partition coefficient (Wildman–Crippen LogP) is 2.50. The van der Waals surface area contributed by atoms with Gasteiger partial charge in [0.05, 0.1) is 6.20 Å². The van der Waals surface area contributed by atoms with Gasteiger partial charge in [0.1, 0.15) is 5.69 Å². The van der Waals surface area contributed by atoms with E-state index in [0.717, 1.165) is 17.0 Å². The number of pyridine rings is 1. The summed E-state index contributed by atoms with van der Waals surface area (Å²) in [5.41, 5.74) is 3.59. The summed E-state index contributed by atoms with van der Waals surface area (Å²) in [5, 5.41) is 9.88. The van der Waals surface area contributed by atoms with Gasteiger partial charge in [-0.15, -0.1) is 0 Å². The minimum Gasteiger partial charge on any atom is -0.501 e. The van der Waals surface area contributed by atoms with Crippen LogP contribution in [0, 0.1) is 6.92 Å². The van der Waals surface area contributed by atoms with Crippen LogP contribution >= 0.6 is 0 Å². The van der Waals surface area contributed by atoms with Crippen LogP contribution in [0.5, 0.6) is 5.75 Å². The van der Waals surface area contributed by atoms with Crippen molar-refractivity contribution in [3.05, 3.63) is 60.4 Å². The zero-order valence-corrected chi connectivity index (χ0v) is 10.0. The highest BCUT2D eigenvalue weighted by molar-refractivity contribution is 5.59. The summed E-state index contributed by atoms with van der Waals surface area (Å²) in [6, 6.07) is 15.6. The van der Waals surface area contributed by atoms with E-state index in [9.17, 15) is 5.11 Å². The SMILES string of the molecule is Cc1cc(-c2ccccc2)[n+]2cccc(O)c2n1. The topological polar surface area (TPSA) is 37.2 Å². The number of benzene rings is 1. The largest absolute Gasteiger partial charge is 0.501 e. The average Bonchev–Trinajstić information content (AvgIpc) is 2.40. The molecule has 3 heteroatoms. The molecular weight excluding hydrogens is 224 g/mol. The zero-order valence-electron chi connectivity index (χ0n) is 10.0. The van der Waals surface area contributed by atoms with Crippen LogP contribution in [0.25, 0.3) is 16.9 Å². The summed E-state index contributed by atoms with van der Waals surface area (Å²) in [6.07, 6.45) is 1.91. The Balaban J connectivity index is 2.39. The Hall–Kier alpha value is -2.42. The molecule has 0 aliphatic rings. The van der Waals surface area contributed by atoms with Crippen molar-refractivity contribution in [2.45, 2.75) is 6.92 Å². The number of fused-ring (bicyclic) bond motifs is 1. The van der Waals surface area contributed by atoms with Gasteiger partial charge in [-0.3, -0.25) is 0 Å². The number of aryl methyl sites for hydroxylation is 1. The van der Waals surface area contributed by atoms with E-state index < -0.39 is 0 Å². The van der Waals surface area contributed by atoms with E-state index in [-0.39, 0.29) is 5.75 Å². The molecule has 88 valence electrons. The lowest BCUT2D eigenvalue weighted by Gasteiger charge is -2.03. The third-order valence-electron chi connectivity index (χ3n) is 2.90. The van der Waals surface area contributed by atoms with E-state index in [2.05, 4.69) is 4.98 Å². The number of aromatic nitrogens is 2. The lowest BCUT2D eigenvalue weighted by molar-refractivity contribution is -0.502. The number of nitrogens with zero attached hydrogens (tertiary/aromatic N) is 2. The fourth-order valence-electron chi connectivity index (χ4n) is 2.09. The molecule has 18 heavy (non-hydrogen) atoms. The maximum atomic E-state index is 9.88. The molecule has 0 aliphatic carbocycles. The van der Waals surface area contributed by atoms with Gasteiger partial charge in [-0.1, -0.05) is 30.3 Å². The second-order valence-corrected chi connectivity index (χ2v) is 4.24. The first-order chi connectivity index (χ1) is 8.75. The van der Waals surface area contributed by atoms with Crippen molar-refractivity contribution in [1.29, 1.82) is 0 Å². The summed E-state index contributed by atoms with van der Waals surface area (Å²) in [7, 11) is 0. The Morgan fingerprint density at radius 3 is 2.61 bits per heavy atom. The second kappa shape index (κ2) is 4.11. The highest BCUT2D eigenvalue weighted by atomic mass is 16.3. The van der Waals surface area contributed by atoms with Crippen molar-refractivity contribution in [2.75, 3.05) is 0 Å². The molecule has 0 radical (unpaired) electrons. The molecule has 1 N–H and O–H groups in total. The van der Waals surface area contributed by atoms with Gasteiger partial charge in [0, 0.05) is 18.6 Å². The lowest BCUT2D eigenvalue weighted by atomic mass is 10.1. The van der Waals surface area contributed by atoms with Crippen LogP contribution in [0.2, 0.25) is 0 Å². The minimum atomic E-state index is 0.193. The van der Waals surface area contributed by atoms with E-state index in [1.165, 1.54) is 0 Å². The molecule has 0 fully saturated rings. The summed E-state index contributed by atoms with van der Waals surface area (Å²) in [4.78, 5) is 4.37. The molecule has 3 nitrogen and oxygen atoms in total. The van der Waals surface area contributed by atoms with Crippen molar-refractivity contribution < 1.29 is 9.51 Å². The Morgan fingerprint density at radius 2 is 1.83 bits per heavy atom. The van der Waals surface area contributed by atoms with Gasteiger partial charge >= 0.3 is 5.65 Å². The van der Waals surface area contributed by atoms with E-state index >= 15 is 0 Å². The Kier molecular flexibility index (Phi) is 2.45. The lowest BCUT2D eigenvalue weighted by Crippen LogP contribution is -2.26. The average molecular weight is 237 g/mol. The van der Waals surface area contributed by atoms with Crippen molar-refractivity contribution in [3.63, 3.8) is 0 Å². The van der Waals surface area contributed by atoms with E-state index in [4.69, 9.17) is 0 Å². The maximum absolute atomic E-state index is 9.88.